The van der Waals surface area contributed by atoms with Crippen LogP contribution in [0, 0.1) is 5.92 Å². The van der Waals surface area contributed by atoms with Gasteiger partial charge in [0.05, 0.1) is 6.61 Å². The molecular formula is C11H23ClN2O2. The maximum absolute atomic E-state index is 11.6. The standard InChI is InChI=1S/C11H22N2O2.ClH/c1-8-3-5-9(6-4-8)13-11(14)10(12)7-15-2;/h8-10H,3-7,12H2,1-2H3,(H,13,14);1H. The van der Waals surface area contributed by atoms with Crippen LogP contribution >= 0.6 is 12.4 Å². The third kappa shape index (κ3) is 5.14. The van der Waals surface area contributed by atoms with Crippen LogP contribution in [0.1, 0.15) is 32.6 Å². The monoisotopic (exact) mass is 250 g/mol. The average Bonchev–Trinajstić information content (AvgIpc) is 2.22. The summed E-state index contributed by atoms with van der Waals surface area (Å²) in [7, 11) is 1.55. The summed E-state index contributed by atoms with van der Waals surface area (Å²) < 4.78 is 4.85. The Morgan fingerprint density at radius 2 is 2.00 bits per heavy atom. The molecule has 0 aromatic heterocycles. The van der Waals surface area contributed by atoms with Gasteiger partial charge in [-0.15, -0.1) is 12.4 Å². The van der Waals surface area contributed by atoms with E-state index in [0.717, 1.165) is 18.8 Å². The minimum atomic E-state index is -0.533. The molecule has 0 saturated heterocycles. The number of nitrogens with two attached hydrogens (primary N) is 1. The highest BCUT2D eigenvalue weighted by molar-refractivity contribution is 5.85. The van der Waals surface area contributed by atoms with Crippen molar-refractivity contribution in [1.29, 1.82) is 0 Å². The summed E-state index contributed by atoms with van der Waals surface area (Å²) in [6.07, 6.45) is 4.55. The van der Waals surface area contributed by atoms with Crippen LogP contribution < -0.4 is 11.1 Å². The fourth-order valence-electron chi connectivity index (χ4n) is 1.97. The van der Waals surface area contributed by atoms with Crippen molar-refractivity contribution in [2.24, 2.45) is 11.7 Å². The third-order valence-electron chi connectivity index (χ3n) is 3.05. The van der Waals surface area contributed by atoms with Gasteiger partial charge in [0.25, 0.3) is 0 Å². The Balaban J connectivity index is 0.00000225. The Morgan fingerprint density at radius 3 is 2.50 bits per heavy atom. The second-order valence-corrected chi connectivity index (χ2v) is 4.53. The number of rotatable bonds is 4. The Bertz CT molecular complexity index is 206. The molecule has 0 aromatic rings. The lowest BCUT2D eigenvalue weighted by Crippen LogP contribution is -2.48. The molecule has 4 nitrogen and oxygen atoms in total. The summed E-state index contributed by atoms with van der Waals surface area (Å²) in [5.74, 6) is 0.710. The molecule has 0 radical (unpaired) electrons. The summed E-state index contributed by atoms with van der Waals surface area (Å²) in [5.41, 5.74) is 5.64. The second-order valence-electron chi connectivity index (χ2n) is 4.53. The lowest BCUT2D eigenvalue weighted by atomic mass is 9.87. The maximum Gasteiger partial charge on any atom is 0.239 e. The van der Waals surface area contributed by atoms with Crippen LogP contribution in [0.15, 0.2) is 0 Å². The van der Waals surface area contributed by atoms with Gasteiger partial charge in [0, 0.05) is 13.2 Å². The van der Waals surface area contributed by atoms with Crippen molar-refractivity contribution in [2.45, 2.75) is 44.7 Å². The Kier molecular flexibility index (Phi) is 7.72. The smallest absolute Gasteiger partial charge is 0.239 e. The van der Waals surface area contributed by atoms with Gasteiger partial charge in [0.2, 0.25) is 5.91 Å². The first-order valence-corrected chi connectivity index (χ1v) is 5.68. The van der Waals surface area contributed by atoms with E-state index in [2.05, 4.69) is 12.2 Å². The topological polar surface area (TPSA) is 64.3 Å². The predicted molar refractivity (Wildman–Crippen MR) is 66.7 cm³/mol. The molecule has 1 rings (SSSR count). The molecule has 16 heavy (non-hydrogen) atoms. The Hall–Kier alpha value is -0.320. The SMILES string of the molecule is COCC(N)C(=O)NC1CCC(C)CC1.Cl. The number of nitrogens with one attached hydrogen (secondary N) is 1. The molecular weight excluding hydrogens is 228 g/mol. The summed E-state index contributed by atoms with van der Waals surface area (Å²) in [4.78, 5) is 11.6. The van der Waals surface area contributed by atoms with Gasteiger partial charge >= 0.3 is 0 Å². The van der Waals surface area contributed by atoms with Gasteiger partial charge in [-0.25, -0.2) is 0 Å². The first-order valence-electron chi connectivity index (χ1n) is 5.68. The molecule has 0 aromatic carbocycles. The largest absolute Gasteiger partial charge is 0.383 e. The van der Waals surface area contributed by atoms with Crippen LogP contribution in [-0.2, 0) is 9.53 Å². The molecule has 1 amide bonds. The highest BCUT2D eigenvalue weighted by Crippen LogP contribution is 2.23. The molecule has 96 valence electrons. The molecule has 5 heteroatoms. The number of halogens is 1. The van der Waals surface area contributed by atoms with Gasteiger partial charge in [0.1, 0.15) is 6.04 Å². The van der Waals surface area contributed by atoms with E-state index in [1.165, 1.54) is 12.8 Å². The van der Waals surface area contributed by atoms with Gasteiger partial charge in [-0.1, -0.05) is 6.92 Å². The lowest BCUT2D eigenvalue weighted by molar-refractivity contribution is -0.124. The van der Waals surface area contributed by atoms with E-state index < -0.39 is 6.04 Å². The van der Waals surface area contributed by atoms with Gasteiger partial charge in [-0.3, -0.25) is 4.79 Å². The normalized spacial score (nSPS) is 26.7. The number of ether oxygens (including phenoxy) is 1. The van der Waals surface area contributed by atoms with Crippen molar-refractivity contribution >= 4 is 18.3 Å². The molecule has 3 N–H and O–H groups in total. The Morgan fingerprint density at radius 1 is 1.44 bits per heavy atom. The van der Waals surface area contributed by atoms with E-state index in [1.54, 1.807) is 7.11 Å². The van der Waals surface area contributed by atoms with E-state index >= 15 is 0 Å². The quantitative estimate of drug-likeness (QED) is 0.785. The van der Waals surface area contributed by atoms with Crippen molar-refractivity contribution in [2.75, 3.05) is 13.7 Å². The highest BCUT2D eigenvalue weighted by Gasteiger charge is 2.22. The number of amides is 1. The summed E-state index contributed by atoms with van der Waals surface area (Å²) >= 11 is 0. The lowest BCUT2D eigenvalue weighted by Gasteiger charge is -2.27. The van der Waals surface area contributed by atoms with Crippen molar-refractivity contribution in [3.63, 3.8) is 0 Å². The number of hydrogen-bond donors (Lipinski definition) is 2. The van der Waals surface area contributed by atoms with Crippen LogP contribution in [0.3, 0.4) is 0 Å². The highest BCUT2D eigenvalue weighted by atomic mass is 35.5. The summed E-state index contributed by atoms with van der Waals surface area (Å²) in [6, 6.07) is -0.217. The molecule has 0 heterocycles. The van der Waals surface area contributed by atoms with Crippen LogP contribution in [-0.4, -0.2) is 31.7 Å². The molecule has 0 spiro atoms. The molecule has 1 fully saturated rings. The predicted octanol–water partition coefficient (Wildman–Crippen LogP) is 1.08. The van der Waals surface area contributed by atoms with Crippen LogP contribution in [0.2, 0.25) is 0 Å². The molecule has 1 aliphatic rings. The maximum atomic E-state index is 11.6. The molecule has 0 bridgehead atoms. The average molecular weight is 251 g/mol. The molecule has 0 aliphatic heterocycles. The number of carbonyl (C=O) groups is 1. The number of methoxy groups -OCH3 is 1. The van der Waals surface area contributed by atoms with Crippen molar-refractivity contribution in [3.05, 3.63) is 0 Å². The Labute approximate surface area is 104 Å². The van der Waals surface area contributed by atoms with Crippen molar-refractivity contribution < 1.29 is 9.53 Å². The second kappa shape index (κ2) is 7.87. The van der Waals surface area contributed by atoms with E-state index in [-0.39, 0.29) is 24.9 Å². The molecule has 1 unspecified atom stereocenters. The van der Waals surface area contributed by atoms with Gasteiger partial charge in [-0.2, -0.15) is 0 Å². The zero-order valence-corrected chi connectivity index (χ0v) is 10.9. The summed E-state index contributed by atoms with van der Waals surface area (Å²) in [5, 5.41) is 2.98. The minimum absolute atomic E-state index is 0. The number of hydrogen-bond acceptors (Lipinski definition) is 3. The molecule has 1 aliphatic carbocycles. The van der Waals surface area contributed by atoms with E-state index in [9.17, 15) is 4.79 Å². The van der Waals surface area contributed by atoms with Gasteiger partial charge < -0.3 is 15.8 Å². The van der Waals surface area contributed by atoms with Gasteiger partial charge in [0.15, 0.2) is 0 Å². The van der Waals surface area contributed by atoms with Crippen LogP contribution in [0.25, 0.3) is 0 Å². The fourth-order valence-corrected chi connectivity index (χ4v) is 1.97. The summed E-state index contributed by atoms with van der Waals surface area (Å²) in [6.45, 7) is 2.55. The van der Waals surface area contributed by atoms with Crippen molar-refractivity contribution in [3.8, 4) is 0 Å². The zero-order valence-electron chi connectivity index (χ0n) is 10.1. The van der Waals surface area contributed by atoms with E-state index in [4.69, 9.17) is 10.5 Å². The van der Waals surface area contributed by atoms with Crippen LogP contribution in [0.4, 0.5) is 0 Å². The molecule has 1 atom stereocenters. The van der Waals surface area contributed by atoms with Crippen molar-refractivity contribution in [1.82, 2.24) is 5.32 Å². The minimum Gasteiger partial charge on any atom is -0.383 e. The zero-order chi connectivity index (χ0) is 11.3. The van der Waals surface area contributed by atoms with E-state index in [1.807, 2.05) is 0 Å². The fraction of sp³-hybridized carbons (Fsp3) is 0.909. The van der Waals surface area contributed by atoms with Gasteiger partial charge in [-0.05, 0) is 31.6 Å². The number of carbonyl (C=O) groups excluding carboxylic acids is 1. The van der Waals surface area contributed by atoms with E-state index in [0.29, 0.717) is 6.04 Å². The first kappa shape index (κ1) is 15.7. The first-order chi connectivity index (χ1) is 7.13. The third-order valence-corrected chi connectivity index (χ3v) is 3.05. The molecule has 1 saturated carbocycles. The van der Waals surface area contributed by atoms with Crippen LogP contribution in [0.5, 0.6) is 0 Å².